The van der Waals surface area contributed by atoms with Crippen molar-refractivity contribution in [2.24, 2.45) is 0 Å². The fourth-order valence-electron chi connectivity index (χ4n) is 5.06. The first-order valence-corrected chi connectivity index (χ1v) is 12.3. The number of pyridine rings is 1. The molecule has 1 aromatic heterocycles. The number of nitrogens with zero attached hydrogens (tertiary/aromatic N) is 1. The molecule has 0 bridgehead atoms. The number of ether oxygens (including phenoxy) is 6. The SMILES string of the molecule is COc1cc(-c2cc3cc(OC)c(OC)c(OC)c3c(C)n2)cc(-c2cccc(C3C=COC3)c2)c1OC. The lowest BCUT2D eigenvalue weighted by molar-refractivity contribution is 0.269. The summed E-state index contributed by atoms with van der Waals surface area (Å²) in [5, 5.41) is 1.79. The van der Waals surface area contributed by atoms with E-state index in [0.29, 0.717) is 35.4 Å². The number of hydrogen-bond acceptors (Lipinski definition) is 7. The van der Waals surface area contributed by atoms with Crippen LogP contribution in [0.3, 0.4) is 0 Å². The summed E-state index contributed by atoms with van der Waals surface area (Å²) in [5.74, 6) is 3.22. The second-order valence-corrected chi connectivity index (χ2v) is 8.99. The third-order valence-corrected chi connectivity index (χ3v) is 6.89. The first kappa shape index (κ1) is 25.3. The summed E-state index contributed by atoms with van der Waals surface area (Å²) in [7, 11) is 8.12. The van der Waals surface area contributed by atoms with E-state index in [1.165, 1.54) is 5.56 Å². The molecule has 1 aliphatic rings. The van der Waals surface area contributed by atoms with E-state index in [4.69, 9.17) is 33.4 Å². The van der Waals surface area contributed by atoms with E-state index in [2.05, 4.69) is 36.4 Å². The lowest BCUT2D eigenvalue weighted by Gasteiger charge is -2.18. The molecule has 0 radical (unpaired) electrons. The predicted octanol–water partition coefficient (Wildman–Crippen LogP) is 6.55. The molecular weight excluding hydrogens is 482 g/mol. The molecule has 7 heteroatoms. The van der Waals surface area contributed by atoms with Crippen LogP contribution in [0.25, 0.3) is 33.2 Å². The summed E-state index contributed by atoms with van der Waals surface area (Å²) in [4.78, 5) is 4.96. The minimum absolute atomic E-state index is 0.220. The summed E-state index contributed by atoms with van der Waals surface area (Å²) in [5.41, 5.74) is 5.60. The van der Waals surface area contributed by atoms with Gasteiger partial charge in [0.1, 0.15) is 0 Å². The van der Waals surface area contributed by atoms with Gasteiger partial charge >= 0.3 is 0 Å². The highest BCUT2D eigenvalue weighted by molar-refractivity contribution is 5.97. The van der Waals surface area contributed by atoms with Gasteiger partial charge in [0.25, 0.3) is 0 Å². The average molecular weight is 514 g/mol. The van der Waals surface area contributed by atoms with Crippen molar-refractivity contribution in [3.63, 3.8) is 0 Å². The molecule has 5 rings (SSSR count). The zero-order valence-corrected chi connectivity index (χ0v) is 22.5. The Morgan fingerprint density at radius 2 is 1.50 bits per heavy atom. The maximum absolute atomic E-state index is 5.83. The normalized spacial score (nSPS) is 14.3. The van der Waals surface area contributed by atoms with E-state index >= 15 is 0 Å². The summed E-state index contributed by atoms with van der Waals surface area (Å²) in [6.07, 6.45) is 3.83. The summed E-state index contributed by atoms with van der Waals surface area (Å²) in [6.45, 7) is 2.60. The molecule has 1 aliphatic heterocycles. The molecule has 0 N–H and O–H groups in total. The predicted molar refractivity (Wildman–Crippen MR) is 148 cm³/mol. The molecule has 38 heavy (non-hydrogen) atoms. The molecule has 1 unspecified atom stereocenters. The second kappa shape index (κ2) is 10.5. The number of hydrogen-bond donors (Lipinski definition) is 0. The van der Waals surface area contributed by atoms with Crippen molar-refractivity contribution in [2.75, 3.05) is 42.2 Å². The highest BCUT2D eigenvalue weighted by atomic mass is 16.5. The van der Waals surface area contributed by atoms with Crippen molar-refractivity contribution in [1.29, 1.82) is 0 Å². The van der Waals surface area contributed by atoms with E-state index in [-0.39, 0.29) is 5.92 Å². The van der Waals surface area contributed by atoms with Gasteiger partial charge in [0.05, 0.1) is 54.1 Å². The molecule has 2 heterocycles. The molecule has 0 fully saturated rings. The number of aryl methyl sites for hydroxylation is 1. The van der Waals surface area contributed by atoms with Crippen LogP contribution in [-0.4, -0.2) is 47.1 Å². The molecule has 3 aromatic carbocycles. The Morgan fingerprint density at radius 1 is 0.763 bits per heavy atom. The Kier molecular flexibility index (Phi) is 7.01. The molecule has 0 saturated carbocycles. The van der Waals surface area contributed by atoms with Gasteiger partial charge in [-0.05, 0) is 53.8 Å². The van der Waals surface area contributed by atoms with Gasteiger partial charge in [-0.1, -0.05) is 24.3 Å². The number of rotatable bonds is 8. The molecule has 1 atom stereocenters. The molecule has 0 aliphatic carbocycles. The van der Waals surface area contributed by atoms with Gasteiger partial charge in [0.15, 0.2) is 23.0 Å². The lowest BCUT2D eigenvalue weighted by Crippen LogP contribution is -2.00. The van der Waals surface area contributed by atoms with E-state index in [9.17, 15) is 0 Å². The van der Waals surface area contributed by atoms with Crippen LogP contribution in [0.4, 0.5) is 0 Å². The van der Waals surface area contributed by atoms with Crippen LogP contribution in [0.2, 0.25) is 0 Å². The summed E-state index contributed by atoms with van der Waals surface area (Å²) in [6, 6.07) is 16.4. The zero-order valence-electron chi connectivity index (χ0n) is 22.5. The monoisotopic (exact) mass is 513 g/mol. The summed E-state index contributed by atoms with van der Waals surface area (Å²) >= 11 is 0. The Balaban J connectivity index is 1.71. The molecule has 0 amide bonds. The first-order chi connectivity index (χ1) is 18.5. The molecular formula is C31H31NO6. The van der Waals surface area contributed by atoms with Gasteiger partial charge in [0.2, 0.25) is 5.75 Å². The van der Waals surface area contributed by atoms with E-state index < -0.39 is 0 Å². The van der Waals surface area contributed by atoms with Crippen molar-refractivity contribution in [3.05, 3.63) is 72.1 Å². The third-order valence-electron chi connectivity index (χ3n) is 6.89. The Labute approximate surface area is 222 Å². The minimum atomic E-state index is 0.220. The van der Waals surface area contributed by atoms with Gasteiger partial charge < -0.3 is 28.4 Å². The molecule has 4 aromatic rings. The van der Waals surface area contributed by atoms with Crippen molar-refractivity contribution < 1.29 is 28.4 Å². The highest BCUT2D eigenvalue weighted by Crippen LogP contribution is 2.46. The number of benzene rings is 3. The minimum Gasteiger partial charge on any atom is -0.501 e. The van der Waals surface area contributed by atoms with Crippen LogP contribution in [0.1, 0.15) is 17.2 Å². The topological polar surface area (TPSA) is 68.3 Å². The van der Waals surface area contributed by atoms with Crippen molar-refractivity contribution >= 4 is 10.8 Å². The van der Waals surface area contributed by atoms with E-state index in [1.807, 2.05) is 25.1 Å². The Hall–Kier alpha value is -4.39. The van der Waals surface area contributed by atoms with Crippen LogP contribution in [0.15, 0.2) is 60.9 Å². The van der Waals surface area contributed by atoms with E-state index in [0.717, 1.165) is 38.9 Å². The maximum Gasteiger partial charge on any atom is 0.204 e. The van der Waals surface area contributed by atoms with E-state index in [1.54, 1.807) is 41.8 Å². The smallest absolute Gasteiger partial charge is 0.204 e. The van der Waals surface area contributed by atoms with Crippen molar-refractivity contribution in [1.82, 2.24) is 4.98 Å². The van der Waals surface area contributed by atoms with Gasteiger partial charge in [-0.25, -0.2) is 0 Å². The summed E-state index contributed by atoms with van der Waals surface area (Å²) < 4.78 is 33.9. The average Bonchev–Trinajstić information content (AvgIpc) is 3.50. The maximum atomic E-state index is 5.83. The van der Waals surface area contributed by atoms with Crippen LogP contribution < -0.4 is 23.7 Å². The van der Waals surface area contributed by atoms with Crippen LogP contribution in [0.5, 0.6) is 28.7 Å². The van der Waals surface area contributed by atoms with Gasteiger partial charge in [0, 0.05) is 28.1 Å². The Bertz CT molecular complexity index is 1530. The van der Waals surface area contributed by atoms with Gasteiger partial charge in [-0.2, -0.15) is 0 Å². The number of fused-ring (bicyclic) bond motifs is 1. The second-order valence-electron chi connectivity index (χ2n) is 8.99. The largest absolute Gasteiger partial charge is 0.501 e. The van der Waals surface area contributed by atoms with Gasteiger partial charge in [-0.15, -0.1) is 0 Å². The molecule has 0 spiro atoms. The molecule has 7 nitrogen and oxygen atoms in total. The highest BCUT2D eigenvalue weighted by Gasteiger charge is 2.22. The standard InChI is InChI=1S/C31H31NO6/c1-18-28-23(16-27(34-3)30(36-5)31(28)37-6)14-25(32-18)22-13-24(29(35-4)26(15-22)33-2)20-9-7-8-19(12-20)21-10-11-38-17-21/h7-16,21H,17H2,1-6H3. The fraction of sp³-hybridized carbons (Fsp3) is 0.258. The first-order valence-electron chi connectivity index (χ1n) is 12.3. The van der Waals surface area contributed by atoms with Crippen LogP contribution in [-0.2, 0) is 4.74 Å². The van der Waals surface area contributed by atoms with Crippen molar-refractivity contribution in [3.8, 4) is 51.1 Å². The van der Waals surface area contributed by atoms with Crippen molar-refractivity contribution in [2.45, 2.75) is 12.8 Å². The van der Waals surface area contributed by atoms with Gasteiger partial charge in [-0.3, -0.25) is 4.98 Å². The number of aromatic nitrogens is 1. The lowest BCUT2D eigenvalue weighted by atomic mass is 9.93. The molecule has 0 saturated heterocycles. The third kappa shape index (κ3) is 4.34. The number of methoxy groups -OCH3 is 5. The molecule has 196 valence electrons. The van der Waals surface area contributed by atoms with Crippen LogP contribution in [0, 0.1) is 6.92 Å². The quantitative estimate of drug-likeness (QED) is 0.265. The van der Waals surface area contributed by atoms with Crippen LogP contribution >= 0.6 is 0 Å². The zero-order chi connectivity index (χ0) is 26.8. The fourth-order valence-corrected chi connectivity index (χ4v) is 5.06. The Morgan fingerprint density at radius 3 is 2.16 bits per heavy atom.